The molecule has 0 saturated heterocycles. The summed E-state index contributed by atoms with van der Waals surface area (Å²) in [6, 6.07) is 23.2. The molecular formula is C21H14BrN3O2. The molecule has 1 aromatic heterocycles. The fraction of sp³-hybridized carbons (Fsp3) is 0. The van der Waals surface area contributed by atoms with Crippen molar-refractivity contribution in [3.63, 3.8) is 0 Å². The highest BCUT2D eigenvalue weighted by atomic mass is 79.9. The van der Waals surface area contributed by atoms with Gasteiger partial charge < -0.3 is 5.32 Å². The molecule has 0 aliphatic heterocycles. The number of fused-ring (bicyclic) bond motifs is 1. The maximum Gasteiger partial charge on any atom is 0.311 e. The summed E-state index contributed by atoms with van der Waals surface area (Å²) >= 11 is 3.48. The van der Waals surface area contributed by atoms with Crippen LogP contribution in [-0.2, 0) is 0 Å². The van der Waals surface area contributed by atoms with Crippen LogP contribution in [-0.4, -0.2) is 9.91 Å². The van der Waals surface area contributed by atoms with Crippen LogP contribution in [0.1, 0.15) is 0 Å². The third kappa shape index (κ3) is 3.39. The Kier molecular flexibility index (Phi) is 4.56. The molecule has 0 amide bonds. The lowest BCUT2D eigenvalue weighted by Gasteiger charge is -2.12. The molecule has 0 bridgehead atoms. The van der Waals surface area contributed by atoms with E-state index in [9.17, 15) is 10.1 Å². The van der Waals surface area contributed by atoms with Gasteiger partial charge in [-0.25, -0.2) is 4.98 Å². The molecule has 1 heterocycles. The minimum atomic E-state index is -0.416. The molecule has 3 aromatic carbocycles. The van der Waals surface area contributed by atoms with E-state index in [1.54, 1.807) is 0 Å². The van der Waals surface area contributed by atoms with Crippen LogP contribution < -0.4 is 5.32 Å². The van der Waals surface area contributed by atoms with E-state index in [0.717, 1.165) is 21.3 Å². The number of nitro groups is 1. The summed E-state index contributed by atoms with van der Waals surface area (Å²) < 4.78 is 0.823. The number of pyridine rings is 1. The van der Waals surface area contributed by atoms with Crippen molar-refractivity contribution in [3.05, 3.63) is 93.6 Å². The Morgan fingerprint density at radius 1 is 0.926 bits per heavy atom. The molecule has 0 fully saturated rings. The molecule has 0 atom stereocenters. The second kappa shape index (κ2) is 7.17. The van der Waals surface area contributed by atoms with Crippen LogP contribution in [0.5, 0.6) is 0 Å². The van der Waals surface area contributed by atoms with Gasteiger partial charge in [0.2, 0.25) is 0 Å². The van der Waals surface area contributed by atoms with E-state index in [0.29, 0.717) is 16.6 Å². The Morgan fingerprint density at radius 3 is 2.41 bits per heavy atom. The molecule has 0 spiro atoms. The number of halogens is 1. The molecular weight excluding hydrogens is 406 g/mol. The third-order valence-electron chi connectivity index (χ3n) is 4.29. The van der Waals surface area contributed by atoms with Crippen LogP contribution in [0.3, 0.4) is 0 Å². The van der Waals surface area contributed by atoms with Crippen LogP contribution in [0, 0.1) is 10.1 Å². The summed E-state index contributed by atoms with van der Waals surface area (Å²) in [5.74, 6) is 0. The van der Waals surface area contributed by atoms with Crippen LogP contribution in [0.4, 0.5) is 17.1 Å². The zero-order chi connectivity index (χ0) is 18.8. The van der Waals surface area contributed by atoms with Crippen LogP contribution in [0.25, 0.3) is 22.0 Å². The van der Waals surface area contributed by atoms with Crippen molar-refractivity contribution in [2.75, 3.05) is 5.32 Å². The Hall–Kier alpha value is -3.25. The number of hydrogen-bond acceptors (Lipinski definition) is 4. The van der Waals surface area contributed by atoms with E-state index in [-0.39, 0.29) is 5.69 Å². The van der Waals surface area contributed by atoms with Crippen molar-refractivity contribution >= 4 is 43.9 Å². The van der Waals surface area contributed by atoms with E-state index < -0.39 is 4.92 Å². The standard InChI is InChI=1S/C21H14BrN3O2/c22-17-8-4-5-9-19(17)24-21-16-12-15(14-6-2-1-3-7-14)10-11-18(16)23-13-20(21)25(26)27/h1-13H,(H,23,24). The normalized spacial score (nSPS) is 10.7. The molecule has 1 N–H and O–H groups in total. The highest BCUT2D eigenvalue weighted by molar-refractivity contribution is 9.10. The zero-order valence-electron chi connectivity index (χ0n) is 14.1. The van der Waals surface area contributed by atoms with Crippen LogP contribution in [0.15, 0.2) is 83.5 Å². The Balaban J connectivity index is 1.94. The quantitative estimate of drug-likeness (QED) is 0.310. The highest BCUT2D eigenvalue weighted by Crippen LogP contribution is 2.37. The summed E-state index contributed by atoms with van der Waals surface area (Å²) in [5, 5.41) is 15.5. The summed E-state index contributed by atoms with van der Waals surface area (Å²) in [5.41, 5.74) is 3.81. The second-order valence-corrected chi connectivity index (χ2v) is 6.83. The topological polar surface area (TPSA) is 68.1 Å². The van der Waals surface area contributed by atoms with E-state index >= 15 is 0 Å². The summed E-state index contributed by atoms with van der Waals surface area (Å²) in [4.78, 5) is 15.5. The van der Waals surface area contributed by atoms with Crippen molar-refractivity contribution in [1.29, 1.82) is 0 Å². The van der Waals surface area contributed by atoms with Gasteiger partial charge in [0.1, 0.15) is 11.9 Å². The summed E-state index contributed by atoms with van der Waals surface area (Å²) in [6.07, 6.45) is 1.30. The van der Waals surface area contributed by atoms with Crippen molar-refractivity contribution in [3.8, 4) is 11.1 Å². The molecule has 4 rings (SSSR count). The number of anilines is 2. The monoisotopic (exact) mass is 419 g/mol. The Morgan fingerprint density at radius 2 is 1.67 bits per heavy atom. The molecule has 4 aromatic rings. The first-order valence-corrected chi connectivity index (χ1v) is 9.07. The first kappa shape index (κ1) is 17.2. The smallest absolute Gasteiger partial charge is 0.311 e. The van der Waals surface area contributed by atoms with Crippen LogP contribution in [0.2, 0.25) is 0 Å². The molecule has 27 heavy (non-hydrogen) atoms. The first-order chi connectivity index (χ1) is 13.1. The van der Waals surface area contributed by atoms with Gasteiger partial charge in [-0.05, 0) is 51.3 Å². The number of para-hydroxylation sites is 1. The van der Waals surface area contributed by atoms with Crippen molar-refractivity contribution in [1.82, 2.24) is 4.98 Å². The van der Waals surface area contributed by atoms with Gasteiger partial charge in [-0.15, -0.1) is 0 Å². The van der Waals surface area contributed by atoms with Gasteiger partial charge in [-0.1, -0.05) is 48.5 Å². The average molecular weight is 420 g/mol. The lowest BCUT2D eigenvalue weighted by molar-refractivity contribution is -0.384. The highest BCUT2D eigenvalue weighted by Gasteiger charge is 2.19. The number of benzene rings is 3. The molecule has 0 saturated carbocycles. The molecule has 0 radical (unpaired) electrons. The number of nitrogens with zero attached hydrogens (tertiary/aromatic N) is 2. The molecule has 0 aliphatic carbocycles. The molecule has 6 heteroatoms. The fourth-order valence-corrected chi connectivity index (χ4v) is 3.34. The predicted molar refractivity (Wildman–Crippen MR) is 111 cm³/mol. The van der Waals surface area contributed by atoms with Crippen molar-refractivity contribution in [2.24, 2.45) is 0 Å². The van der Waals surface area contributed by atoms with E-state index in [2.05, 4.69) is 26.2 Å². The zero-order valence-corrected chi connectivity index (χ0v) is 15.7. The minimum Gasteiger partial charge on any atom is -0.348 e. The minimum absolute atomic E-state index is 0.0662. The lowest BCUT2D eigenvalue weighted by atomic mass is 10.0. The third-order valence-corrected chi connectivity index (χ3v) is 4.98. The van der Waals surface area contributed by atoms with Crippen molar-refractivity contribution in [2.45, 2.75) is 0 Å². The van der Waals surface area contributed by atoms with Gasteiger partial charge in [0.15, 0.2) is 0 Å². The van der Waals surface area contributed by atoms with Crippen LogP contribution >= 0.6 is 15.9 Å². The molecule has 0 unspecified atom stereocenters. The summed E-state index contributed by atoms with van der Waals surface area (Å²) in [7, 11) is 0. The Bertz CT molecular complexity index is 1150. The second-order valence-electron chi connectivity index (χ2n) is 5.98. The maximum atomic E-state index is 11.6. The average Bonchev–Trinajstić information content (AvgIpc) is 2.70. The van der Waals surface area contributed by atoms with Gasteiger partial charge >= 0.3 is 5.69 Å². The van der Waals surface area contributed by atoms with Gasteiger partial charge in [-0.2, -0.15) is 0 Å². The molecule has 5 nitrogen and oxygen atoms in total. The fourth-order valence-electron chi connectivity index (χ4n) is 2.96. The predicted octanol–water partition coefficient (Wildman–Crippen LogP) is 6.32. The van der Waals surface area contributed by atoms with Gasteiger partial charge in [0.05, 0.1) is 16.1 Å². The number of hydrogen-bond donors (Lipinski definition) is 1. The van der Waals surface area contributed by atoms with Gasteiger partial charge in [-0.3, -0.25) is 10.1 Å². The Labute approximate surface area is 164 Å². The number of aromatic nitrogens is 1. The van der Waals surface area contributed by atoms with Crippen molar-refractivity contribution < 1.29 is 4.92 Å². The van der Waals surface area contributed by atoms with E-state index in [1.807, 2.05) is 72.8 Å². The SMILES string of the molecule is O=[N+]([O-])c1cnc2ccc(-c3ccccc3)cc2c1Nc1ccccc1Br. The first-order valence-electron chi connectivity index (χ1n) is 8.27. The largest absolute Gasteiger partial charge is 0.348 e. The van der Waals surface area contributed by atoms with Gasteiger partial charge in [0.25, 0.3) is 0 Å². The maximum absolute atomic E-state index is 11.6. The van der Waals surface area contributed by atoms with Gasteiger partial charge in [0, 0.05) is 9.86 Å². The van der Waals surface area contributed by atoms with E-state index in [4.69, 9.17) is 0 Å². The number of rotatable bonds is 4. The molecule has 132 valence electrons. The molecule has 0 aliphatic rings. The lowest BCUT2D eigenvalue weighted by Crippen LogP contribution is -2.00. The number of nitrogens with one attached hydrogen (secondary N) is 1. The summed E-state index contributed by atoms with van der Waals surface area (Å²) in [6.45, 7) is 0. The van der Waals surface area contributed by atoms with E-state index in [1.165, 1.54) is 6.20 Å².